The van der Waals surface area contributed by atoms with E-state index in [0.717, 1.165) is 30.0 Å². The highest BCUT2D eigenvalue weighted by Crippen LogP contribution is 2.18. The van der Waals surface area contributed by atoms with Crippen LogP contribution in [0.5, 0.6) is 11.5 Å². The summed E-state index contributed by atoms with van der Waals surface area (Å²) >= 11 is 0. The number of nitrogens with zero attached hydrogens (tertiary/aromatic N) is 1. The molecule has 1 N–H and O–H groups in total. The first-order chi connectivity index (χ1) is 16.8. The van der Waals surface area contributed by atoms with Crippen LogP contribution in [0.3, 0.4) is 0 Å². The first-order valence-corrected chi connectivity index (χ1v) is 13.8. The van der Waals surface area contributed by atoms with Gasteiger partial charge in [-0.25, -0.2) is 0 Å². The zero-order chi connectivity index (χ0) is 24.1. The topological polar surface area (TPSA) is 41.8 Å². The number of unbranched alkanes of at least 4 members (excludes halogenated alkanes) is 15. The van der Waals surface area contributed by atoms with Gasteiger partial charge in [-0.2, -0.15) is 0 Å². The van der Waals surface area contributed by atoms with Gasteiger partial charge in [0.1, 0.15) is 11.5 Å². The second-order valence-corrected chi connectivity index (χ2v) is 9.50. The molecule has 0 amide bonds. The minimum atomic E-state index is 0.254. The molecule has 0 aromatic heterocycles. The molecule has 2 aromatic carbocycles. The lowest BCUT2D eigenvalue weighted by molar-refractivity contribution is 0.304. The third-order valence-electron chi connectivity index (χ3n) is 6.36. The van der Waals surface area contributed by atoms with Crippen molar-refractivity contribution >= 4 is 11.9 Å². The lowest BCUT2D eigenvalue weighted by atomic mass is 10.0. The minimum Gasteiger partial charge on any atom is -0.508 e. The number of rotatable bonds is 20. The maximum Gasteiger partial charge on any atom is 0.119 e. The van der Waals surface area contributed by atoms with Crippen molar-refractivity contribution in [2.24, 2.45) is 4.99 Å². The monoisotopic (exact) mass is 465 g/mol. The molecule has 0 aliphatic rings. The van der Waals surface area contributed by atoms with Crippen molar-refractivity contribution in [3.63, 3.8) is 0 Å². The quantitative estimate of drug-likeness (QED) is 0.156. The Morgan fingerprint density at radius 2 is 1.09 bits per heavy atom. The van der Waals surface area contributed by atoms with E-state index >= 15 is 0 Å². The average molecular weight is 466 g/mol. The molecule has 0 heterocycles. The molecular formula is C31H47NO2. The molecule has 0 aliphatic heterocycles. The van der Waals surface area contributed by atoms with Crippen molar-refractivity contribution in [3.05, 3.63) is 54.1 Å². The van der Waals surface area contributed by atoms with Crippen LogP contribution in [0, 0.1) is 0 Å². The Kier molecular flexibility index (Phi) is 15.7. The normalized spacial score (nSPS) is 11.3. The van der Waals surface area contributed by atoms with Crippen LogP contribution >= 0.6 is 0 Å². The van der Waals surface area contributed by atoms with Gasteiger partial charge in [0, 0.05) is 6.21 Å². The van der Waals surface area contributed by atoms with Crippen LogP contribution in [0.15, 0.2) is 53.5 Å². The molecule has 0 unspecified atom stereocenters. The van der Waals surface area contributed by atoms with Gasteiger partial charge in [-0.3, -0.25) is 4.99 Å². The molecule has 34 heavy (non-hydrogen) atoms. The Hall–Kier alpha value is -2.29. The van der Waals surface area contributed by atoms with Gasteiger partial charge < -0.3 is 9.84 Å². The zero-order valence-electron chi connectivity index (χ0n) is 21.5. The highest BCUT2D eigenvalue weighted by atomic mass is 16.5. The fourth-order valence-electron chi connectivity index (χ4n) is 4.18. The Bertz CT molecular complexity index is 752. The van der Waals surface area contributed by atoms with Crippen molar-refractivity contribution in [1.29, 1.82) is 0 Å². The second kappa shape index (κ2) is 19.1. The number of aliphatic imine (C=N–C) groups is 1. The number of benzene rings is 2. The van der Waals surface area contributed by atoms with Crippen LogP contribution in [0.1, 0.15) is 115 Å². The SMILES string of the molecule is CCCCCCCCCCCCCCCCCCOc1ccc(C=Nc2ccc(O)cc2)cc1. The van der Waals surface area contributed by atoms with Crippen LogP contribution in [0.25, 0.3) is 0 Å². The summed E-state index contributed by atoms with van der Waals surface area (Å²) in [6, 6.07) is 14.9. The molecule has 0 fully saturated rings. The van der Waals surface area contributed by atoms with Gasteiger partial charge in [0.05, 0.1) is 12.3 Å². The molecule has 0 saturated heterocycles. The summed E-state index contributed by atoms with van der Waals surface area (Å²) in [5.41, 5.74) is 1.85. The summed E-state index contributed by atoms with van der Waals surface area (Å²) in [6.07, 6.45) is 24.0. The molecule has 3 heteroatoms. The Morgan fingerprint density at radius 3 is 1.59 bits per heavy atom. The van der Waals surface area contributed by atoms with E-state index in [0.29, 0.717) is 0 Å². The van der Waals surface area contributed by atoms with Crippen LogP contribution in [-0.4, -0.2) is 17.9 Å². The molecule has 0 bridgehead atoms. The van der Waals surface area contributed by atoms with Crippen molar-refractivity contribution in [3.8, 4) is 11.5 Å². The third kappa shape index (κ3) is 14.1. The van der Waals surface area contributed by atoms with Gasteiger partial charge in [0.15, 0.2) is 0 Å². The smallest absolute Gasteiger partial charge is 0.119 e. The molecule has 2 rings (SSSR count). The number of ether oxygens (including phenoxy) is 1. The standard InChI is InChI=1S/C31H47NO2/c1-2-3-4-5-6-7-8-9-10-11-12-13-14-15-16-17-26-34-31-24-18-28(19-25-31)27-32-29-20-22-30(33)23-21-29/h18-25,27,33H,2-17,26H2,1H3. The molecule has 188 valence electrons. The maximum absolute atomic E-state index is 9.32. The van der Waals surface area contributed by atoms with E-state index in [4.69, 9.17) is 4.74 Å². The largest absolute Gasteiger partial charge is 0.508 e. The molecule has 0 saturated carbocycles. The lowest BCUT2D eigenvalue weighted by Crippen LogP contribution is -1.97. The fraction of sp³-hybridized carbons (Fsp3) is 0.581. The summed E-state index contributed by atoms with van der Waals surface area (Å²) in [4.78, 5) is 4.42. The Labute approximate surface area is 208 Å². The van der Waals surface area contributed by atoms with Crippen molar-refractivity contribution in [2.45, 2.75) is 110 Å². The molecular weight excluding hydrogens is 418 g/mol. The fourth-order valence-corrected chi connectivity index (χ4v) is 4.18. The van der Waals surface area contributed by atoms with Gasteiger partial charge in [-0.05, 0) is 60.5 Å². The predicted octanol–water partition coefficient (Wildman–Crippen LogP) is 9.78. The number of aromatic hydroxyl groups is 1. The highest BCUT2D eigenvalue weighted by molar-refractivity contribution is 5.82. The Balaban J connectivity index is 1.39. The number of hydrogen-bond donors (Lipinski definition) is 1. The van der Waals surface area contributed by atoms with Crippen molar-refractivity contribution < 1.29 is 9.84 Å². The summed E-state index contributed by atoms with van der Waals surface area (Å²) in [7, 11) is 0. The first kappa shape index (κ1) is 28.0. The van der Waals surface area contributed by atoms with Crippen LogP contribution in [-0.2, 0) is 0 Å². The van der Waals surface area contributed by atoms with Crippen LogP contribution in [0.2, 0.25) is 0 Å². The summed E-state index contributed by atoms with van der Waals surface area (Å²) < 4.78 is 5.88. The van der Waals surface area contributed by atoms with Crippen molar-refractivity contribution in [2.75, 3.05) is 6.61 Å². The molecule has 0 radical (unpaired) electrons. The maximum atomic E-state index is 9.32. The number of hydrogen-bond acceptors (Lipinski definition) is 3. The lowest BCUT2D eigenvalue weighted by Gasteiger charge is -2.06. The summed E-state index contributed by atoms with van der Waals surface area (Å²) in [6.45, 7) is 3.08. The number of phenolic OH excluding ortho intramolecular Hbond substituents is 1. The van der Waals surface area contributed by atoms with Crippen molar-refractivity contribution in [1.82, 2.24) is 0 Å². The third-order valence-corrected chi connectivity index (χ3v) is 6.36. The van der Waals surface area contributed by atoms with Gasteiger partial charge in [0.25, 0.3) is 0 Å². The molecule has 2 aromatic rings. The van der Waals surface area contributed by atoms with Crippen LogP contribution < -0.4 is 4.74 Å². The average Bonchev–Trinajstić information content (AvgIpc) is 2.86. The minimum absolute atomic E-state index is 0.254. The molecule has 0 aliphatic carbocycles. The van der Waals surface area contributed by atoms with Gasteiger partial charge in [-0.1, -0.05) is 103 Å². The molecule has 3 nitrogen and oxygen atoms in total. The summed E-state index contributed by atoms with van der Waals surface area (Å²) in [5.74, 6) is 1.17. The number of phenols is 1. The van der Waals surface area contributed by atoms with Gasteiger partial charge in [-0.15, -0.1) is 0 Å². The van der Waals surface area contributed by atoms with E-state index in [1.54, 1.807) is 24.3 Å². The zero-order valence-corrected chi connectivity index (χ0v) is 21.5. The van der Waals surface area contributed by atoms with E-state index in [1.165, 1.54) is 96.3 Å². The Morgan fingerprint density at radius 1 is 0.618 bits per heavy atom. The van der Waals surface area contributed by atoms with E-state index in [2.05, 4.69) is 11.9 Å². The second-order valence-electron chi connectivity index (χ2n) is 9.50. The highest BCUT2D eigenvalue weighted by Gasteiger charge is 1.97. The molecule has 0 spiro atoms. The van der Waals surface area contributed by atoms with E-state index < -0.39 is 0 Å². The van der Waals surface area contributed by atoms with Gasteiger partial charge in [0.2, 0.25) is 0 Å². The van der Waals surface area contributed by atoms with E-state index in [1.807, 2.05) is 30.5 Å². The van der Waals surface area contributed by atoms with Crippen LogP contribution in [0.4, 0.5) is 5.69 Å². The first-order valence-electron chi connectivity index (χ1n) is 13.8. The summed E-state index contributed by atoms with van der Waals surface area (Å²) in [5, 5.41) is 9.32. The van der Waals surface area contributed by atoms with E-state index in [-0.39, 0.29) is 5.75 Å². The predicted molar refractivity (Wildman–Crippen MR) is 147 cm³/mol. The van der Waals surface area contributed by atoms with E-state index in [9.17, 15) is 5.11 Å². The van der Waals surface area contributed by atoms with Gasteiger partial charge >= 0.3 is 0 Å². The molecule has 0 atom stereocenters.